The van der Waals surface area contributed by atoms with Crippen molar-refractivity contribution < 1.29 is 19.4 Å². The van der Waals surface area contributed by atoms with E-state index in [-0.39, 0.29) is 25.5 Å². The van der Waals surface area contributed by atoms with Crippen LogP contribution in [0.15, 0.2) is 24.3 Å². The Hall–Kier alpha value is -1.30. The van der Waals surface area contributed by atoms with Crippen molar-refractivity contribution in [1.29, 1.82) is 0 Å². The molecule has 0 saturated carbocycles. The smallest absolute Gasteiger partial charge is 0.223 e. The summed E-state index contributed by atoms with van der Waals surface area (Å²) >= 11 is 5.82. The third-order valence-corrected chi connectivity index (χ3v) is 2.79. The van der Waals surface area contributed by atoms with E-state index in [9.17, 15) is 9.90 Å². The van der Waals surface area contributed by atoms with Crippen molar-refractivity contribution in [3.63, 3.8) is 0 Å². The first-order chi connectivity index (χ1) is 9.61. The predicted molar refractivity (Wildman–Crippen MR) is 77.1 cm³/mol. The van der Waals surface area contributed by atoms with E-state index in [1.807, 2.05) is 0 Å². The van der Waals surface area contributed by atoms with Crippen LogP contribution in [0.25, 0.3) is 0 Å². The quantitative estimate of drug-likeness (QED) is 0.727. The lowest BCUT2D eigenvalue weighted by Gasteiger charge is -2.10. The van der Waals surface area contributed by atoms with Crippen LogP contribution in [0.2, 0.25) is 5.02 Å². The van der Waals surface area contributed by atoms with Gasteiger partial charge in [0.25, 0.3) is 0 Å². The molecule has 20 heavy (non-hydrogen) atoms. The summed E-state index contributed by atoms with van der Waals surface area (Å²) in [4.78, 5) is 11.5. The molecular formula is C14H20ClNO4. The highest BCUT2D eigenvalue weighted by atomic mass is 35.5. The normalized spacial score (nSPS) is 11.9. The van der Waals surface area contributed by atoms with E-state index < -0.39 is 6.10 Å². The number of methoxy groups -OCH3 is 1. The Balaban J connectivity index is 2.11. The van der Waals surface area contributed by atoms with Crippen molar-refractivity contribution in [1.82, 2.24) is 5.32 Å². The first kappa shape index (κ1) is 16.8. The number of aliphatic hydroxyl groups is 1. The first-order valence-corrected chi connectivity index (χ1v) is 6.81. The van der Waals surface area contributed by atoms with Gasteiger partial charge < -0.3 is 19.9 Å². The summed E-state index contributed by atoms with van der Waals surface area (Å²) in [5.41, 5.74) is 0. The number of nitrogens with one attached hydrogen (secondary N) is 1. The Morgan fingerprint density at radius 2 is 2.30 bits per heavy atom. The number of carbonyl (C=O) groups excluding carboxylic acids is 1. The molecule has 0 bridgehead atoms. The van der Waals surface area contributed by atoms with Crippen LogP contribution < -0.4 is 10.1 Å². The fourth-order valence-electron chi connectivity index (χ4n) is 1.56. The lowest BCUT2D eigenvalue weighted by atomic mass is 10.2. The molecule has 2 N–H and O–H groups in total. The van der Waals surface area contributed by atoms with E-state index in [1.165, 1.54) is 7.11 Å². The Kier molecular flexibility index (Phi) is 8.02. The highest BCUT2D eigenvalue weighted by Gasteiger charge is 2.05. The molecule has 0 aliphatic carbocycles. The van der Waals surface area contributed by atoms with Gasteiger partial charge in [0, 0.05) is 18.7 Å². The molecule has 112 valence electrons. The minimum atomic E-state index is -0.553. The third-order valence-electron chi connectivity index (χ3n) is 2.55. The largest absolute Gasteiger partial charge is 0.493 e. The molecule has 0 aliphatic rings. The number of rotatable bonds is 9. The Labute approximate surface area is 123 Å². The average molecular weight is 302 g/mol. The second-order valence-corrected chi connectivity index (χ2v) is 4.74. The summed E-state index contributed by atoms with van der Waals surface area (Å²) in [6.45, 7) is 0.973. The summed E-state index contributed by atoms with van der Waals surface area (Å²) in [5, 5.41) is 12.7. The minimum Gasteiger partial charge on any atom is -0.493 e. The lowest BCUT2D eigenvalue weighted by Crippen LogP contribution is -2.29. The molecule has 5 nitrogen and oxygen atoms in total. The van der Waals surface area contributed by atoms with Gasteiger partial charge in [-0.15, -0.1) is 0 Å². The molecule has 1 aromatic carbocycles. The van der Waals surface area contributed by atoms with E-state index in [0.717, 1.165) is 0 Å². The molecule has 1 aromatic rings. The fraction of sp³-hybridized carbons (Fsp3) is 0.500. The zero-order valence-electron chi connectivity index (χ0n) is 11.5. The second kappa shape index (κ2) is 9.58. The molecule has 1 amide bonds. The number of halogens is 1. The minimum absolute atomic E-state index is 0.114. The van der Waals surface area contributed by atoms with Gasteiger partial charge in [-0.25, -0.2) is 0 Å². The average Bonchev–Trinajstić information content (AvgIpc) is 2.39. The van der Waals surface area contributed by atoms with Gasteiger partial charge >= 0.3 is 0 Å². The fourth-order valence-corrected chi connectivity index (χ4v) is 1.74. The number of hydrogen-bond donors (Lipinski definition) is 2. The van der Waals surface area contributed by atoms with Crippen LogP contribution in [0.1, 0.15) is 12.8 Å². The monoisotopic (exact) mass is 301 g/mol. The van der Waals surface area contributed by atoms with Crippen LogP contribution in [-0.2, 0) is 9.53 Å². The number of amides is 1. The van der Waals surface area contributed by atoms with Crippen molar-refractivity contribution in [3.05, 3.63) is 29.3 Å². The van der Waals surface area contributed by atoms with Crippen molar-refractivity contribution >= 4 is 17.5 Å². The van der Waals surface area contributed by atoms with Crippen LogP contribution in [0, 0.1) is 0 Å². The van der Waals surface area contributed by atoms with E-state index in [0.29, 0.717) is 23.7 Å². The Bertz CT molecular complexity index is 414. The number of aliphatic hydroxyl groups excluding tert-OH is 1. The molecular weight excluding hydrogens is 282 g/mol. The maximum Gasteiger partial charge on any atom is 0.223 e. The molecule has 0 radical (unpaired) electrons. The molecule has 1 unspecified atom stereocenters. The van der Waals surface area contributed by atoms with Gasteiger partial charge in [-0.1, -0.05) is 17.7 Å². The molecule has 0 aromatic heterocycles. The van der Waals surface area contributed by atoms with Crippen LogP contribution in [0.4, 0.5) is 0 Å². The number of benzene rings is 1. The highest BCUT2D eigenvalue weighted by molar-refractivity contribution is 6.30. The lowest BCUT2D eigenvalue weighted by molar-refractivity contribution is -0.121. The van der Waals surface area contributed by atoms with Crippen LogP contribution in [-0.4, -0.2) is 44.0 Å². The van der Waals surface area contributed by atoms with Crippen molar-refractivity contribution in [2.24, 2.45) is 0 Å². The maximum absolute atomic E-state index is 11.5. The molecule has 0 fully saturated rings. The highest BCUT2D eigenvalue weighted by Crippen LogP contribution is 2.16. The van der Waals surface area contributed by atoms with E-state index >= 15 is 0 Å². The van der Waals surface area contributed by atoms with Crippen LogP contribution >= 0.6 is 11.6 Å². The van der Waals surface area contributed by atoms with Crippen LogP contribution in [0.3, 0.4) is 0 Å². The van der Waals surface area contributed by atoms with E-state index in [4.69, 9.17) is 21.1 Å². The molecule has 1 rings (SSSR count). The van der Waals surface area contributed by atoms with Gasteiger partial charge in [0.05, 0.1) is 25.7 Å². The van der Waals surface area contributed by atoms with Gasteiger partial charge in [-0.2, -0.15) is 0 Å². The third kappa shape index (κ3) is 7.33. The van der Waals surface area contributed by atoms with Gasteiger partial charge in [0.15, 0.2) is 0 Å². The van der Waals surface area contributed by atoms with Gasteiger partial charge in [0.1, 0.15) is 5.75 Å². The van der Waals surface area contributed by atoms with Crippen molar-refractivity contribution in [2.75, 3.05) is 26.9 Å². The number of carbonyl (C=O) groups is 1. The van der Waals surface area contributed by atoms with Crippen LogP contribution in [0.5, 0.6) is 5.75 Å². The SMILES string of the molecule is COCC(O)CCNC(=O)CCOc1cccc(Cl)c1. The molecule has 6 heteroatoms. The standard InChI is InChI=1S/C14H20ClNO4/c1-19-10-12(17)5-7-16-14(18)6-8-20-13-4-2-3-11(15)9-13/h2-4,9,12,17H,5-8,10H2,1H3,(H,16,18). The zero-order chi connectivity index (χ0) is 14.8. The summed E-state index contributed by atoms with van der Waals surface area (Å²) in [7, 11) is 1.52. The molecule has 1 atom stereocenters. The molecule has 0 saturated heterocycles. The number of hydrogen-bond acceptors (Lipinski definition) is 4. The van der Waals surface area contributed by atoms with Crippen molar-refractivity contribution in [2.45, 2.75) is 18.9 Å². The zero-order valence-corrected chi connectivity index (χ0v) is 12.2. The second-order valence-electron chi connectivity index (χ2n) is 4.30. The molecule has 0 heterocycles. The van der Waals surface area contributed by atoms with E-state index in [2.05, 4.69) is 5.32 Å². The molecule has 0 spiro atoms. The summed E-state index contributed by atoms with van der Waals surface area (Å²) in [6, 6.07) is 7.02. The van der Waals surface area contributed by atoms with Gasteiger partial charge in [0.2, 0.25) is 5.91 Å². The summed E-state index contributed by atoms with van der Waals surface area (Å²) in [5.74, 6) is 0.525. The summed E-state index contributed by atoms with van der Waals surface area (Å²) < 4.78 is 10.2. The summed E-state index contributed by atoms with van der Waals surface area (Å²) in [6.07, 6.45) is 0.171. The topological polar surface area (TPSA) is 67.8 Å². The first-order valence-electron chi connectivity index (χ1n) is 6.44. The maximum atomic E-state index is 11.5. The van der Waals surface area contributed by atoms with E-state index in [1.54, 1.807) is 24.3 Å². The van der Waals surface area contributed by atoms with Gasteiger partial charge in [-0.05, 0) is 24.6 Å². The Morgan fingerprint density at radius 1 is 1.50 bits per heavy atom. The number of ether oxygens (including phenoxy) is 2. The molecule has 0 aliphatic heterocycles. The van der Waals surface area contributed by atoms with Gasteiger partial charge in [-0.3, -0.25) is 4.79 Å². The van der Waals surface area contributed by atoms with Crippen molar-refractivity contribution in [3.8, 4) is 5.75 Å². The Morgan fingerprint density at radius 3 is 3.00 bits per heavy atom. The predicted octanol–water partition coefficient (Wildman–Crippen LogP) is 1.62.